The van der Waals surface area contributed by atoms with E-state index in [4.69, 9.17) is 4.98 Å². The fraction of sp³-hybridized carbons (Fsp3) is 0.167. The summed E-state index contributed by atoms with van der Waals surface area (Å²) in [6.45, 7) is 8.32. The van der Waals surface area contributed by atoms with Gasteiger partial charge in [0.1, 0.15) is 5.82 Å². The van der Waals surface area contributed by atoms with Crippen molar-refractivity contribution in [3.63, 3.8) is 0 Å². The van der Waals surface area contributed by atoms with E-state index in [-0.39, 0.29) is 26.9 Å². The third-order valence-corrected chi connectivity index (χ3v) is 8.15. The number of pyridine rings is 2. The fourth-order valence-corrected chi connectivity index (χ4v) is 5.73. The molecule has 8 heteroatoms. The molecule has 0 saturated carbocycles. The van der Waals surface area contributed by atoms with Crippen LogP contribution >= 0.6 is 0 Å². The van der Waals surface area contributed by atoms with Crippen molar-refractivity contribution in [3.05, 3.63) is 132 Å². The Hall–Kier alpha value is -4.48. The first-order valence-electron chi connectivity index (χ1n) is 14.3. The van der Waals surface area contributed by atoms with E-state index in [0.717, 1.165) is 33.5 Å². The minimum Gasteiger partial charge on any atom is -0.319 e. The summed E-state index contributed by atoms with van der Waals surface area (Å²) in [4.78, 5) is 6.83. The summed E-state index contributed by atoms with van der Waals surface area (Å²) in [5.41, 5.74) is 4.62. The zero-order valence-corrected chi connectivity index (χ0v) is 27.0. The van der Waals surface area contributed by atoms with Gasteiger partial charge in [0, 0.05) is 23.1 Å². The number of anilines is 3. The van der Waals surface area contributed by atoms with E-state index in [1.165, 1.54) is 5.56 Å². The molecule has 3 heterocycles. The van der Waals surface area contributed by atoms with Gasteiger partial charge >= 0.3 is 21.1 Å². The van der Waals surface area contributed by atoms with Gasteiger partial charge in [-0.1, -0.05) is 86.6 Å². The molecule has 0 bridgehead atoms. The first kappa shape index (κ1) is 29.6. The molecule has 4 aromatic carbocycles. The maximum absolute atomic E-state index is 16.1. The van der Waals surface area contributed by atoms with Crippen molar-refractivity contribution < 1.29 is 25.5 Å². The van der Waals surface area contributed by atoms with E-state index in [1.54, 1.807) is 10.6 Å². The summed E-state index contributed by atoms with van der Waals surface area (Å²) in [5, 5.41) is 14.8. The van der Waals surface area contributed by atoms with Crippen LogP contribution in [-0.4, -0.2) is 25.0 Å². The summed E-state index contributed by atoms with van der Waals surface area (Å²) in [7, 11) is 0. The number of hydrogen-bond acceptors (Lipinski definition) is 5. The molecule has 0 spiro atoms. The molecule has 0 amide bonds. The van der Waals surface area contributed by atoms with Gasteiger partial charge in [-0.3, -0.25) is 4.39 Å². The molecule has 220 valence electrons. The van der Waals surface area contributed by atoms with Crippen LogP contribution in [0.25, 0.3) is 27.3 Å². The van der Waals surface area contributed by atoms with Crippen molar-refractivity contribution in [2.75, 3.05) is 4.90 Å². The standard InChI is InChI=1S/C36H29FN6.Pt/c1-23(2)24-17-18-38-34(19-24)42(26-12-6-5-7-13-26)27-14-10-11-25(20-27)36(3,4)31-22-33-30(21-32(31)37)28-15-8-9-16-29(28)35-39-40-41-43(33)35;/h5-19,21,23H,1-4H3;/q-2;+2. The van der Waals surface area contributed by atoms with E-state index < -0.39 is 5.41 Å². The summed E-state index contributed by atoms with van der Waals surface area (Å²) >= 11 is 0. The molecule has 3 aromatic heterocycles. The molecular weight excluding hydrogens is 731 g/mol. The molecule has 0 N–H and O–H groups in total. The van der Waals surface area contributed by atoms with Gasteiger partial charge in [0.25, 0.3) is 0 Å². The monoisotopic (exact) mass is 759 g/mol. The van der Waals surface area contributed by atoms with Crippen molar-refractivity contribution in [3.8, 4) is 0 Å². The van der Waals surface area contributed by atoms with Crippen molar-refractivity contribution in [1.29, 1.82) is 0 Å². The second-order valence-corrected chi connectivity index (χ2v) is 11.6. The van der Waals surface area contributed by atoms with Crippen LogP contribution in [0.5, 0.6) is 0 Å². The van der Waals surface area contributed by atoms with Gasteiger partial charge in [-0.25, -0.2) is 9.50 Å². The maximum Gasteiger partial charge on any atom is 2.00 e. The van der Waals surface area contributed by atoms with E-state index in [9.17, 15) is 0 Å². The van der Waals surface area contributed by atoms with Crippen molar-refractivity contribution in [1.82, 2.24) is 25.0 Å². The van der Waals surface area contributed by atoms with Gasteiger partial charge in [0.15, 0.2) is 5.65 Å². The van der Waals surface area contributed by atoms with Crippen molar-refractivity contribution >= 4 is 44.5 Å². The number of halogens is 1. The third-order valence-electron chi connectivity index (χ3n) is 8.15. The maximum atomic E-state index is 16.1. The largest absolute Gasteiger partial charge is 2.00 e. The fourth-order valence-electron chi connectivity index (χ4n) is 5.73. The van der Waals surface area contributed by atoms with Crippen LogP contribution in [0.2, 0.25) is 0 Å². The van der Waals surface area contributed by atoms with Gasteiger partial charge in [0.2, 0.25) is 0 Å². The first-order valence-corrected chi connectivity index (χ1v) is 14.3. The Bertz CT molecular complexity index is 2120. The molecule has 0 aliphatic rings. The minimum absolute atomic E-state index is 0. The molecule has 0 radical (unpaired) electrons. The summed E-state index contributed by atoms with van der Waals surface area (Å²) in [6, 6.07) is 36.6. The van der Waals surface area contributed by atoms with Crippen molar-refractivity contribution in [2.45, 2.75) is 39.0 Å². The topological polar surface area (TPSA) is 59.2 Å². The Morgan fingerprint density at radius 3 is 2.36 bits per heavy atom. The Balaban J connectivity index is 0.00000343. The van der Waals surface area contributed by atoms with Gasteiger partial charge < -0.3 is 4.90 Å². The van der Waals surface area contributed by atoms with E-state index >= 15 is 4.39 Å². The predicted octanol–water partition coefficient (Wildman–Crippen LogP) is 8.48. The Labute approximate surface area is 269 Å². The summed E-state index contributed by atoms with van der Waals surface area (Å²) in [6.07, 6.45) is 1.84. The second-order valence-electron chi connectivity index (χ2n) is 11.6. The average Bonchev–Trinajstić information content (AvgIpc) is 3.52. The molecule has 6 nitrogen and oxygen atoms in total. The quantitative estimate of drug-likeness (QED) is 0.126. The van der Waals surface area contributed by atoms with Crippen molar-refractivity contribution in [2.24, 2.45) is 0 Å². The smallest absolute Gasteiger partial charge is 0.319 e. The molecule has 7 rings (SSSR count). The number of tetrazole rings is 1. The van der Waals surface area contributed by atoms with Crippen LogP contribution in [0.3, 0.4) is 0 Å². The third kappa shape index (κ3) is 4.95. The van der Waals surface area contributed by atoms with Gasteiger partial charge in [-0.05, 0) is 57.1 Å². The summed E-state index contributed by atoms with van der Waals surface area (Å²) in [5.74, 6) is 0.795. The normalized spacial score (nSPS) is 11.8. The molecular formula is C36H29FN6Pt. The number of nitrogens with zero attached hydrogens (tertiary/aromatic N) is 6. The predicted molar refractivity (Wildman–Crippen MR) is 169 cm³/mol. The Kier molecular flexibility index (Phi) is 7.77. The number of rotatable bonds is 6. The Morgan fingerprint density at radius 2 is 1.59 bits per heavy atom. The molecule has 0 saturated heterocycles. The van der Waals surface area contributed by atoms with E-state index in [2.05, 4.69) is 52.5 Å². The van der Waals surface area contributed by atoms with E-state index in [1.807, 2.05) is 98.9 Å². The zero-order chi connectivity index (χ0) is 29.7. The number of aromatic nitrogens is 5. The number of benzene rings is 4. The molecule has 0 atom stereocenters. The zero-order valence-electron chi connectivity index (χ0n) is 24.7. The van der Waals surface area contributed by atoms with Crippen LogP contribution < -0.4 is 4.90 Å². The average molecular weight is 760 g/mol. The second kappa shape index (κ2) is 11.5. The van der Waals surface area contributed by atoms with Crippen LogP contribution in [0.4, 0.5) is 21.6 Å². The van der Waals surface area contributed by atoms with Crippen LogP contribution in [0.1, 0.15) is 50.3 Å². The van der Waals surface area contributed by atoms with E-state index in [0.29, 0.717) is 28.0 Å². The summed E-state index contributed by atoms with van der Waals surface area (Å²) < 4.78 is 17.8. The number of fused-ring (bicyclic) bond motifs is 6. The SMILES string of the molecule is CC(C)c1ccnc(N(c2[c-]c(C(C)(C)c3[c-]c4c(cc3F)c3ccccc3c3nnnn43)ccc2)c2ccccc2)c1.[Pt+2]. The number of para-hydroxylation sites is 1. The Morgan fingerprint density at radius 1 is 0.841 bits per heavy atom. The van der Waals surface area contributed by atoms with Crippen LogP contribution in [-0.2, 0) is 26.5 Å². The molecule has 7 aromatic rings. The van der Waals surface area contributed by atoms with Gasteiger partial charge in [-0.2, -0.15) is 23.8 Å². The van der Waals surface area contributed by atoms with Crippen LogP contribution in [0.15, 0.2) is 97.2 Å². The van der Waals surface area contributed by atoms with Gasteiger partial charge in [0.05, 0.1) is 0 Å². The molecule has 44 heavy (non-hydrogen) atoms. The van der Waals surface area contributed by atoms with Gasteiger partial charge in [-0.15, -0.1) is 28.9 Å². The molecule has 0 aliphatic heterocycles. The molecule has 0 unspecified atom stereocenters. The minimum atomic E-state index is -0.796. The molecule has 0 fully saturated rings. The molecule has 0 aliphatic carbocycles. The number of hydrogen-bond donors (Lipinski definition) is 0. The van der Waals surface area contributed by atoms with Crippen LogP contribution in [0, 0.1) is 17.9 Å². The first-order chi connectivity index (χ1) is 20.8.